The lowest BCUT2D eigenvalue weighted by atomic mass is 10.3. The van der Waals surface area contributed by atoms with Crippen LogP contribution in [-0.2, 0) is 0 Å². The molecule has 0 fully saturated rings. The van der Waals surface area contributed by atoms with E-state index in [1.165, 1.54) is 15.3 Å². The summed E-state index contributed by atoms with van der Waals surface area (Å²) in [5.74, 6) is 0. The van der Waals surface area contributed by atoms with Crippen molar-refractivity contribution in [1.29, 1.82) is 0 Å². The molecule has 2 aromatic rings. The molecule has 0 spiro atoms. The molecule has 0 amide bonds. The van der Waals surface area contributed by atoms with Crippen molar-refractivity contribution in [2.45, 2.75) is 6.92 Å². The maximum atomic E-state index is 3.50. The third kappa shape index (κ3) is 2.06. The normalized spacial score (nSPS) is 10.7. The molecule has 0 aliphatic heterocycles. The molecule has 2 heterocycles. The second kappa shape index (κ2) is 3.85. The highest BCUT2D eigenvalue weighted by Gasteiger charge is 2.07. The average molecular weight is 338 g/mol. The summed E-state index contributed by atoms with van der Waals surface area (Å²) in [4.78, 5) is 2.66. The summed E-state index contributed by atoms with van der Waals surface area (Å²) in [7, 11) is 0. The Bertz CT molecular complexity index is 409. The molecule has 0 nitrogen and oxygen atoms in total. The molecule has 0 N–H and O–H groups in total. The van der Waals surface area contributed by atoms with E-state index in [0.717, 1.165) is 8.26 Å². The van der Waals surface area contributed by atoms with Gasteiger partial charge in [-0.3, -0.25) is 0 Å². The fraction of sp³-hybridized carbons (Fsp3) is 0.111. The molecule has 0 radical (unpaired) electrons. The van der Waals surface area contributed by atoms with Crippen molar-refractivity contribution in [2.75, 3.05) is 0 Å². The highest BCUT2D eigenvalue weighted by Crippen LogP contribution is 2.40. The zero-order valence-electron chi connectivity index (χ0n) is 6.80. The Morgan fingerprint density at radius 2 is 1.92 bits per heavy atom. The summed E-state index contributed by atoms with van der Waals surface area (Å²) in [6.07, 6.45) is 0. The number of halogens is 2. The summed E-state index contributed by atoms with van der Waals surface area (Å²) in [5, 5.41) is 2.18. The van der Waals surface area contributed by atoms with Crippen LogP contribution in [-0.4, -0.2) is 0 Å². The van der Waals surface area contributed by atoms with Crippen LogP contribution in [0.25, 0.3) is 9.75 Å². The van der Waals surface area contributed by atoms with Gasteiger partial charge in [0, 0.05) is 14.2 Å². The van der Waals surface area contributed by atoms with E-state index in [1.807, 2.05) is 0 Å². The smallest absolute Gasteiger partial charge is 0.0847 e. The first kappa shape index (κ1) is 9.90. The lowest BCUT2D eigenvalue weighted by Gasteiger charge is -1.86. The van der Waals surface area contributed by atoms with Crippen LogP contribution >= 0.6 is 54.5 Å². The maximum Gasteiger partial charge on any atom is 0.0847 e. The van der Waals surface area contributed by atoms with E-state index < -0.39 is 0 Å². The van der Waals surface area contributed by atoms with E-state index in [0.29, 0.717) is 0 Å². The van der Waals surface area contributed by atoms with Crippen LogP contribution in [0.4, 0.5) is 0 Å². The van der Waals surface area contributed by atoms with E-state index in [2.05, 4.69) is 56.3 Å². The summed E-state index contributed by atoms with van der Waals surface area (Å²) < 4.78 is 2.30. The van der Waals surface area contributed by atoms with Gasteiger partial charge in [0.15, 0.2) is 0 Å². The molecule has 0 aliphatic carbocycles. The van der Waals surface area contributed by atoms with Gasteiger partial charge in [0.2, 0.25) is 0 Å². The molecule has 68 valence electrons. The number of thiophene rings is 2. The lowest BCUT2D eigenvalue weighted by Crippen LogP contribution is -1.59. The van der Waals surface area contributed by atoms with Crippen molar-refractivity contribution in [3.8, 4) is 9.75 Å². The largest absolute Gasteiger partial charge is 0.143 e. The van der Waals surface area contributed by atoms with Crippen molar-refractivity contribution < 1.29 is 0 Å². The summed E-state index contributed by atoms with van der Waals surface area (Å²) in [5.41, 5.74) is 1.33. The Labute approximate surface area is 102 Å². The van der Waals surface area contributed by atoms with Gasteiger partial charge >= 0.3 is 0 Å². The first-order valence-corrected chi connectivity index (χ1v) is 6.95. The highest BCUT2D eigenvalue weighted by atomic mass is 79.9. The van der Waals surface area contributed by atoms with E-state index in [-0.39, 0.29) is 0 Å². The minimum absolute atomic E-state index is 1.14. The average Bonchev–Trinajstić information content (AvgIpc) is 2.61. The fourth-order valence-electron chi connectivity index (χ4n) is 1.03. The molecule has 0 atom stereocenters. The van der Waals surface area contributed by atoms with Gasteiger partial charge in [-0.2, -0.15) is 0 Å². The molecule has 4 heteroatoms. The molecular formula is C9H6Br2S2. The third-order valence-corrected chi connectivity index (χ3v) is 6.12. The van der Waals surface area contributed by atoms with Crippen molar-refractivity contribution in [2.24, 2.45) is 0 Å². The first-order valence-electron chi connectivity index (χ1n) is 3.67. The quantitative estimate of drug-likeness (QED) is 0.661. The number of rotatable bonds is 1. The van der Waals surface area contributed by atoms with Crippen LogP contribution < -0.4 is 0 Å². The first-order chi connectivity index (χ1) is 6.16. The Morgan fingerprint density at radius 3 is 2.38 bits per heavy atom. The monoisotopic (exact) mass is 336 g/mol. The Morgan fingerprint density at radius 1 is 1.15 bits per heavy atom. The molecule has 0 aliphatic rings. The minimum atomic E-state index is 1.14. The van der Waals surface area contributed by atoms with Gasteiger partial charge in [-0.15, -0.1) is 22.7 Å². The van der Waals surface area contributed by atoms with Gasteiger partial charge < -0.3 is 0 Å². The van der Waals surface area contributed by atoms with E-state index in [1.54, 1.807) is 22.7 Å². The summed E-state index contributed by atoms with van der Waals surface area (Å²) in [6, 6.07) is 4.37. The predicted molar refractivity (Wildman–Crippen MR) is 67.8 cm³/mol. The van der Waals surface area contributed by atoms with Gasteiger partial charge in [-0.1, -0.05) is 0 Å². The fourth-order valence-corrected chi connectivity index (χ4v) is 4.05. The van der Waals surface area contributed by atoms with Gasteiger partial charge in [0.1, 0.15) is 0 Å². The van der Waals surface area contributed by atoms with Gasteiger partial charge in [0.25, 0.3) is 0 Å². The number of hydrogen-bond donors (Lipinski definition) is 0. The molecule has 0 unspecified atom stereocenters. The summed E-state index contributed by atoms with van der Waals surface area (Å²) in [6.45, 7) is 2.12. The van der Waals surface area contributed by atoms with Crippen LogP contribution in [0.2, 0.25) is 0 Å². The van der Waals surface area contributed by atoms with E-state index in [9.17, 15) is 0 Å². The van der Waals surface area contributed by atoms with Crippen LogP contribution in [0.15, 0.2) is 25.8 Å². The topological polar surface area (TPSA) is 0 Å². The molecule has 0 saturated carbocycles. The van der Waals surface area contributed by atoms with Crippen LogP contribution in [0.1, 0.15) is 5.56 Å². The van der Waals surface area contributed by atoms with Gasteiger partial charge in [0.05, 0.1) is 3.79 Å². The van der Waals surface area contributed by atoms with Crippen molar-refractivity contribution in [3.63, 3.8) is 0 Å². The molecule has 13 heavy (non-hydrogen) atoms. The SMILES string of the molecule is Cc1csc(-c2cc(Br)c(Br)s2)c1. The Balaban J connectivity index is 2.46. The zero-order chi connectivity index (χ0) is 9.42. The number of hydrogen-bond acceptors (Lipinski definition) is 2. The Kier molecular flexibility index (Phi) is 2.93. The molecule has 0 saturated heterocycles. The summed E-state index contributed by atoms with van der Waals surface area (Å²) >= 11 is 10.5. The molecule has 2 aromatic heterocycles. The van der Waals surface area contributed by atoms with E-state index in [4.69, 9.17) is 0 Å². The molecule has 2 rings (SSSR count). The second-order valence-electron chi connectivity index (χ2n) is 2.72. The maximum absolute atomic E-state index is 3.50. The van der Waals surface area contributed by atoms with Crippen molar-refractivity contribution in [3.05, 3.63) is 31.3 Å². The van der Waals surface area contributed by atoms with Crippen molar-refractivity contribution >= 4 is 54.5 Å². The number of aryl methyl sites for hydroxylation is 1. The van der Waals surface area contributed by atoms with Gasteiger partial charge in [-0.25, -0.2) is 0 Å². The second-order valence-corrected chi connectivity index (χ2v) is 6.86. The third-order valence-electron chi connectivity index (χ3n) is 1.62. The highest BCUT2D eigenvalue weighted by molar-refractivity contribution is 9.13. The van der Waals surface area contributed by atoms with Crippen LogP contribution in [0, 0.1) is 6.92 Å². The predicted octanol–water partition coefficient (Wildman–Crippen LogP) is 5.31. The molecule has 0 aromatic carbocycles. The Hall–Kier alpha value is 0.360. The van der Waals surface area contributed by atoms with Crippen molar-refractivity contribution in [1.82, 2.24) is 0 Å². The van der Waals surface area contributed by atoms with Crippen LogP contribution in [0.3, 0.4) is 0 Å². The van der Waals surface area contributed by atoms with E-state index >= 15 is 0 Å². The molecule has 0 bridgehead atoms. The minimum Gasteiger partial charge on any atom is -0.143 e. The lowest BCUT2D eigenvalue weighted by molar-refractivity contribution is 1.56. The zero-order valence-corrected chi connectivity index (χ0v) is 11.6. The molecular weight excluding hydrogens is 332 g/mol. The van der Waals surface area contributed by atoms with Gasteiger partial charge in [-0.05, 0) is 61.9 Å². The standard InChI is InChI=1S/C9H6Br2S2/c1-5-2-7(12-4-5)8-3-6(10)9(11)13-8/h2-4H,1H3. The van der Waals surface area contributed by atoms with Crippen LogP contribution in [0.5, 0.6) is 0 Å².